The molecule has 3 nitrogen and oxygen atoms in total. The lowest BCUT2D eigenvalue weighted by Gasteiger charge is -2.05. The molecule has 1 aromatic rings. The molecule has 0 bridgehead atoms. The van der Waals surface area contributed by atoms with Crippen LogP contribution in [0.4, 0.5) is 0 Å². The van der Waals surface area contributed by atoms with Crippen LogP contribution in [-0.2, 0) is 4.74 Å². The van der Waals surface area contributed by atoms with Crippen LogP contribution in [0.3, 0.4) is 0 Å². The van der Waals surface area contributed by atoms with E-state index in [0.29, 0.717) is 17.6 Å². The van der Waals surface area contributed by atoms with Crippen molar-refractivity contribution in [1.29, 1.82) is 0 Å². The van der Waals surface area contributed by atoms with Crippen molar-refractivity contribution in [3.8, 4) is 0 Å². The number of hydrogen-bond donors (Lipinski definition) is 1. The van der Waals surface area contributed by atoms with E-state index in [0.717, 1.165) is 0 Å². The monoisotopic (exact) mass is 188 g/mol. The van der Waals surface area contributed by atoms with Gasteiger partial charge in [0.15, 0.2) is 0 Å². The Bertz CT molecular complexity index is 326. The number of rotatable bonds is 3. The fraction of sp³-hybridized carbons (Fsp3) is 0.222. The predicted molar refractivity (Wildman–Crippen MR) is 55.8 cm³/mol. The van der Waals surface area contributed by atoms with Crippen LogP contribution in [-0.4, -0.2) is 32.1 Å². The lowest BCUT2D eigenvalue weighted by atomic mass is 9.43. The average molecular weight is 188 g/mol. The molecule has 0 saturated heterocycles. The Morgan fingerprint density at radius 3 is 2.93 bits per heavy atom. The summed E-state index contributed by atoms with van der Waals surface area (Å²) in [5, 5.41) is 9.09. The zero-order chi connectivity index (χ0) is 10.6. The van der Waals surface area contributed by atoms with Crippen molar-refractivity contribution in [1.82, 2.24) is 0 Å². The number of ether oxygens (including phenoxy) is 1. The maximum atomic E-state index is 11.3. The first-order valence-electron chi connectivity index (χ1n) is 4.36. The summed E-state index contributed by atoms with van der Waals surface area (Å²) in [7, 11) is 5.26. The molecule has 0 aromatic heterocycles. The van der Waals surface area contributed by atoms with Crippen molar-refractivity contribution in [2.75, 3.05) is 6.61 Å². The van der Waals surface area contributed by atoms with Crippen molar-refractivity contribution in [3.63, 3.8) is 0 Å². The third-order valence-corrected chi connectivity index (χ3v) is 1.74. The van der Waals surface area contributed by atoms with E-state index in [1.54, 1.807) is 25.1 Å². The summed E-state index contributed by atoms with van der Waals surface area (Å²) in [5.41, 5.74) is 0.893. The number of benzene rings is 1. The molecule has 1 aromatic carbocycles. The lowest BCUT2D eigenvalue weighted by molar-refractivity contribution is 0.0526. The van der Waals surface area contributed by atoms with Gasteiger partial charge in [0.1, 0.15) is 0 Å². The largest absolute Gasteiger partial charge is 0.462 e. The molecule has 5 heteroatoms. The first kappa shape index (κ1) is 10.9. The van der Waals surface area contributed by atoms with E-state index in [2.05, 4.69) is 0 Å². The first-order chi connectivity index (χ1) is 6.65. The molecule has 0 atom stereocenters. The predicted octanol–water partition coefficient (Wildman–Crippen LogP) is -0.281. The van der Waals surface area contributed by atoms with E-state index < -0.39 is 12.8 Å². The summed E-state index contributed by atoms with van der Waals surface area (Å²) in [6.45, 7) is 0.998. The summed E-state index contributed by atoms with van der Waals surface area (Å²) >= 11 is 0. The van der Waals surface area contributed by atoms with Crippen molar-refractivity contribution in [3.05, 3.63) is 29.8 Å². The Morgan fingerprint density at radius 2 is 2.36 bits per heavy atom. The number of esters is 1. The number of carbonyl (C=O) groups is 1. The molecule has 1 N–H and O–H groups in total. The maximum Gasteiger partial charge on any atom is 0.338 e. The summed E-state index contributed by atoms with van der Waals surface area (Å²) in [6.07, 6.45) is 0. The fourth-order valence-corrected chi connectivity index (χ4v) is 1.06. The zero-order valence-corrected chi connectivity index (χ0v) is 7.93. The second kappa shape index (κ2) is 4.86. The third-order valence-electron chi connectivity index (χ3n) is 1.74. The highest BCUT2D eigenvalue weighted by molar-refractivity contribution is 7.06. The normalized spacial score (nSPS) is 9.57. The quantitative estimate of drug-likeness (QED) is 0.523. The summed E-state index contributed by atoms with van der Waals surface area (Å²) in [4.78, 5) is 11.3. The van der Waals surface area contributed by atoms with Crippen molar-refractivity contribution >= 4 is 26.0 Å². The highest BCUT2D eigenvalue weighted by atomic mass is 16.5. The Labute approximate surface area is 84.6 Å². The maximum absolute atomic E-state index is 11.3. The van der Waals surface area contributed by atoms with Gasteiger partial charge < -0.3 is 9.76 Å². The molecule has 0 aliphatic carbocycles. The van der Waals surface area contributed by atoms with Gasteiger partial charge in [-0.15, -0.1) is 0 Å². The van der Waals surface area contributed by atoms with E-state index in [-0.39, 0.29) is 0 Å². The summed E-state index contributed by atoms with van der Waals surface area (Å²) in [5.74, 6) is -0.407. The standard InChI is InChI=1S/C9H10B2O3/c1-2-14-9(12)7-4-3-5-8(6-7)11(10)13/h3-6,13H,2H2,1H3. The van der Waals surface area contributed by atoms with Crippen LogP contribution < -0.4 is 5.46 Å². The van der Waals surface area contributed by atoms with Crippen LogP contribution in [0.15, 0.2) is 24.3 Å². The molecule has 0 fully saturated rings. The smallest absolute Gasteiger partial charge is 0.338 e. The van der Waals surface area contributed by atoms with E-state index in [4.69, 9.17) is 17.5 Å². The fourth-order valence-electron chi connectivity index (χ4n) is 1.06. The molecule has 0 aliphatic heterocycles. The zero-order valence-electron chi connectivity index (χ0n) is 7.93. The Balaban J connectivity index is 2.88. The van der Waals surface area contributed by atoms with Crippen LogP contribution in [0.2, 0.25) is 0 Å². The molecule has 14 heavy (non-hydrogen) atoms. The van der Waals surface area contributed by atoms with Gasteiger partial charge in [0, 0.05) is 0 Å². The van der Waals surface area contributed by atoms with Gasteiger partial charge in [-0.3, -0.25) is 0 Å². The molecule has 0 unspecified atom stereocenters. The minimum absolute atomic E-state index is 0.328. The average Bonchev–Trinajstić information content (AvgIpc) is 2.18. The van der Waals surface area contributed by atoms with Crippen LogP contribution >= 0.6 is 0 Å². The third kappa shape index (κ3) is 2.64. The summed E-state index contributed by atoms with van der Waals surface area (Å²) < 4.78 is 4.80. The van der Waals surface area contributed by atoms with Crippen molar-refractivity contribution in [2.24, 2.45) is 0 Å². The second-order valence-corrected chi connectivity index (χ2v) is 2.79. The van der Waals surface area contributed by atoms with E-state index in [1.165, 1.54) is 6.07 Å². The highest BCUT2D eigenvalue weighted by Crippen LogP contribution is 1.99. The van der Waals surface area contributed by atoms with Gasteiger partial charge in [0.25, 0.3) is 6.81 Å². The van der Waals surface area contributed by atoms with Crippen LogP contribution in [0.5, 0.6) is 0 Å². The minimum Gasteiger partial charge on any atom is -0.462 e. The molecule has 0 amide bonds. The molecule has 0 saturated carbocycles. The molecule has 0 aliphatic rings. The molecule has 0 spiro atoms. The van der Waals surface area contributed by atoms with Gasteiger partial charge in [-0.2, -0.15) is 0 Å². The van der Waals surface area contributed by atoms with Crippen LogP contribution in [0, 0.1) is 0 Å². The highest BCUT2D eigenvalue weighted by Gasteiger charge is 2.10. The summed E-state index contributed by atoms with van der Waals surface area (Å²) in [6, 6.07) is 6.43. The van der Waals surface area contributed by atoms with Gasteiger partial charge in [0.05, 0.1) is 19.9 Å². The van der Waals surface area contributed by atoms with Gasteiger partial charge in [-0.05, 0) is 13.0 Å². The minimum atomic E-state index is -1.07. The van der Waals surface area contributed by atoms with Crippen LogP contribution in [0.25, 0.3) is 0 Å². The second-order valence-electron chi connectivity index (χ2n) is 2.79. The molecule has 0 heterocycles. The van der Waals surface area contributed by atoms with Crippen molar-refractivity contribution in [2.45, 2.75) is 6.92 Å². The molecular weight excluding hydrogens is 178 g/mol. The van der Waals surface area contributed by atoms with E-state index >= 15 is 0 Å². The Morgan fingerprint density at radius 1 is 1.64 bits per heavy atom. The Hall–Kier alpha value is -1.22. The molecule has 2 radical (unpaired) electrons. The van der Waals surface area contributed by atoms with E-state index in [9.17, 15) is 4.79 Å². The van der Waals surface area contributed by atoms with Gasteiger partial charge >= 0.3 is 5.97 Å². The molecular formula is C9H10B2O3. The van der Waals surface area contributed by atoms with Crippen molar-refractivity contribution < 1.29 is 14.6 Å². The topological polar surface area (TPSA) is 46.5 Å². The number of hydrogen-bond acceptors (Lipinski definition) is 3. The van der Waals surface area contributed by atoms with Gasteiger partial charge in [-0.25, -0.2) is 4.79 Å². The molecule has 70 valence electrons. The number of carbonyl (C=O) groups excluding carboxylic acids is 1. The van der Waals surface area contributed by atoms with E-state index in [1.807, 2.05) is 0 Å². The van der Waals surface area contributed by atoms with Gasteiger partial charge in [-0.1, -0.05) is 23.7 Å². The first-order valence-corrected chi connectivity index (χ1v) is 4.36. The molecule has 1 rings (SSSR count). The lowest BCUT2D eigenvalue weighted by Crippen LogP contribution is -2.31. The van der Waals surface area contributed by atoms with Crippen LogP contribution in [0.1, 0.15) is 17.3 Å². The van der Waals surface area contributed by atoms with Gasteiger partial charge in [0.2, 0.25) is 0 Å². The SMILES string of the molecule is [B]B(O)c1cccc(C(=O)OCC)c1. The Kier molecular flexibility index (Phi) is 3.77.